The number of ether oxygens (including phenoxy) is 1. The van der Waals surface area contributed by atoms with Gasteiger partial charge in [-0.15, -0.1) is 0 Å². The average Bonchev–Trinajstić information content (AvgIpc) is 3.02. The van der Waals surface area contributed by atoms with Crippen LogP contribution in [0.25, 0.3) is 0 Å². The molecule has 0 heterocycles. The van der Waals surface area contributed by atoms with E-state index in [4.69, 9.17) is 4.74 Å². The summed E-state index contributed by atoms with van der Waals surface area (Å²) in [6.07, 6.45) is 2.80. The Morgan fingerprint density at radius 1 is 1.47 bits per heavy atom. The first-order valence-corrected chi connectivity index (χ1v) is 6.12. The number of hydrogen-bond acceptors (Lipinski definition) is 2. The van der Waals surface area contributed by atoms with E-state index < -0.39 is 0 Å². The molecule has 0 bridgehead atoms. The number of halogens is 1. The van der Waals surface area contributed by atoms with Crippen molar-refractivity contribution in [2.24, 2.45) is 5.92 Å². The van der Waals surface area contributed by atoms with Crippen LogP contribution in [0.15, 0.2) is 22.7 Å². The topological polar surface area (TPSA) is 21.3 Å². The van der Waals surface area contributed by atoms with Gasteiger partial charge in [0, 0.05) is 6.54 Å². The zero-order valence-electron chi connectivity index (χ0n) is 8.92. The van der Waals surface area contributed by atoms with Crippen LogP contribution in [0, 0.1) is 5.92 Å². The van der Waals surface area contributed by atoms with Crippen LogP contribution in [0.4, 0.5) is 0 Å². The van der Waals surface area contributed by atoms with Gasteiger partial charge in [0.1, 0.15) is 5.75 Å². The lowest BCUT2D eigenvalue weighted by molar-refractivity contribution is 0.412. The van der Waals surface area contributed by atoms with Crippen LogP contribution < -0.4 is 10.1 Å². The van der Waals surface area contributed by atoms with Crippen molar-refractivity contribution < 1.29 is 4.74 Å². The lowest BCUT2D eigenvalue weighted by atomic mass is 10.2. The summed E-state index contributed by atoms with van der Waals surface area (Å²) >= 11 is 3.49. The van der Waals surface area contributed by atoms with E-state index in [1.54, 1.807) is 7.11 Å². The normalized spacial score (nSPS) is 15.3. The van der Waals surface area contributed by atoms with Crippen molar-refractivity contribution in [2.45, 2.75) is 19.4 Å². The maximum atomic E-state index is 5.19. The van der Waals surface area contributed by atoms with E-state index in [0.717, 1.165) is 29.2 Å². The standard InChI is InChI=1S/C12H16BrNO/c1-15-12-5-4-10(6-11(12)13)8-14-7-9-2-3-9/h4-6,9,14H,2-3,7-8H2,1H3. The van der Waals surface area contributed by atoms with Gasteiger partial charge < -0.3 is 10.1 Å². The summed E-state index contributed by atoms with van der Waals surface area (Å²) < 4.78 is 6.21. The fourth-order valence-corrected chi connectivity index (χ4v) is 2.15. The molecule has 15 heavy (non-hydrogen) atoms. The molecule has 0 aromatic heterocycles. The summed E-state index contributed by atoms with van der Waals surface area (Å²) in [5.41, 5.74) is 1.29. The van der Waals surface area contributed by atoms with Gasteiger partial charge in [0.05, 0.1) is 11.6 Å². The summed E-state index contributed by atoms with van der Waals surface area (Å²) in [7, 11) is 1.69. The molecule has 0 aliphatic heterocycles. The highest BCUT2D eigenvalue weighted by atomic mass is 79.9. The van der Waals surface area contributed by atoms with Crippen molar-refractivity contribution in [3.63, 3.8) is 0 Å². The molecule has 82 valence electrons. The predicted octanol–water partition coefficient (Wildman–Crippen LogP) is 2.96. The van der Waals surface area contributed by atoms with Crippen LogP contribution in [0.5, 0.6) is 5.75 Å². The molecule has 2 nitrogen and oxygen atoms in total. The van der Waals surface area contributed by atoms with E-state index in [0.29, 0.717) is 0 Å². The van der Waals surface area contributed by atoms with Crippen LogP contribution in [0.2, 0.25) is 0 Å². The van der Waals surface area contributed by atoms with E-state index in [-0.39, 0.29) is 0 Å². The Kier molecular flexibility index (Phi) is 3.65. The van der Waals surface area contributed by atoms with Gasteiger partial charge in [-0.25, -0.2) is 0 Å². The molecule has 0 saturated heterocycles. The second-order valence-electron chi connectivity index (χ2n) is 4.04. The summed E-state index contributed by atoms with van der Waals surface area (Å²) in [5, 5.41) is 3.47. The largest absolute Gasteiger partial charge is 0.496 e. The minimum absolute atomic E-state index is 0.890. The third kappa shape index (κ3) is 3.21. The highest BCUT2D eigenvalue weighted by Gasteiger charge is 2.20. The lowest BCUT2D eigenvalue weighted by Crippen LogP contribution is -2.15. The van der Waals surface area contributed by atoms with Gasteiger partial charge >= 0.3 is 0 Å². The van der Waals surface area contributed by atoms with Crippen molar-refractivity contribution in [1.82, 2.24) is 5.32 Å². The van der Waals surface area contributed by atoms with Crippen LogP contribution >= 0.6 is 15.9 Å². The number of nitrogens with one attached hydrogen (secondary N) is 1. The third-order valence-corrected chi connectivity index (χ3v) is 3.29. The van der Waals surface area contributed by atoms with E-state index in [1.807, 2.05) is 6.07 Å². The molecule has 0 atom stereocenters. The predicted molar refractivity (Wildman–Crippen MR) is 65.1 cm³/mol. The molecule has 1 saturated carbocycles. The van der Waals surface area contributed by atoms with E-state index in [1.165, 1.54) is 18.4 Å². The van der Waals surface area contributed by atoms with Crippen molar-refractivity contribution >= 4 is 15.9 Å². The Labute approximate surface area is 99.1 Å². The van der Waals surface area contributed by atoms with Crippen molar-refractivity contribution in [3.8, 4) is 5.75 Å². The van der Waals surface area contributed by atoms with Crippen LogP contribution in [0.3, 0.4) is 0 Å². The van der Waals surface area contributed by atoms with Gasteiger partial charge in [-0.05, 0) is 58.9 Å². The number of methoxy groups -OCH3 is 1. The van der Waals surface area contributed by atoms with Crippen LogP contribution in [0.1, 0.15) is 18.4 Å². The number of rotatable bonds is 5. The maximum Gasteiger partial charge on any atom is 0.133 e. The Morgan fingerprint density at radius 3 is 2.87 bits per heavy atom. The van der Waals surface area contributed by atoms with Crippen LogP contribution in [-0.4, -0.2) is 13.7 Å². The fraction of sp³-hybridized carbons (Fsp3) is 0.500. The van der Waals surface area contributed by atoms with E-state index in [9.17, 15) is 0 Å². The summed E-state index contributed by atoms with van der Waals surface area (Å²) in [5.74, 6) is 1.83. The molecule has 0 spiro atoms. The molecular weight excluding hydrogens is 254 g/mol. The second-order valence-corrected chi connectivity index (χ2v) is 4.90. The van der Waals surface area contributed by atoms with Gasteiger partial charge in [0.15, 0.2) is 0 Å². The van der Waals surface area contributed by atoms with Gasteiger partial charge in [-0.2, -0.15) is 0 Å². The molecule has 1 N–H and O–H groups in total. The monoisotopic (exact) mass is 269 g/mol. The number of hydrogen-bond donors (Lipinski definition) is 1. The van der Waals surface area contributed by atoms with Gasteiger partial charge in [-0.1, -0.05) is 6.07 Å². The SMILES string of the molecule is COc1ccc(CNCC2CC2)cc1Br. The summed E-state index contributed by atoms with van der Waals surface area (Å²) in [4.78, 5) is 0. The summed E-state index contributed by atoms with van der Waals surface area (Å²) in [6.45, 7) is 2.10. The molecule has 3 heteroatoms. The van der Waals surface area contributed by atoms with Gasteiger partial charge in [0.25, 0.3) is 0 Å². The molecule has 2 rings (SSSR count). The Morgan fingerprint density at radius 2 is 2.27 bits per heavy atom. The molecule has 0 amide bonds. The first-order chi connectivity index (χ1) is 7.29. The third-order valence-electron chi connectivity index (χ3n) is 2.68. The molecule has 0 radical (unpaired) electrons. The molecule has 1 aliphatic carbocycles. The molecule has 1 aromatic rings. The van der Waals surface area contributed by atoms with Crippen molar-refractivity contribution in [1.29, 1.82) is 0 Å². The molecule has 1 fully saturated rings. The zero-order chi connectivity index (χ0) is 10.7. The highest BCUT2D eigenvalue weighted by molar-refractivity contribution is 9.10. The lowest BCUT2D eigenvalue weighted by Gasteiger charge is -2.07. The fourth-order valence-electron chi connectivity index (χ4n) is 1.56. The highest BCUT2D eigenvalue weighted by Crippen LogP contribution is 2.28. The first-order valence-electron chi connectivity index (χ1n) is 5.32. The van der Waals surface area contributed by atoms with E-state index in [2.05, 4.69) is 33.4 Å². The van der Waals surface area contributed by atoms with Crippen molar-refractivity contribution in [3.05, 3.63) is 28.2 Å². The molecule has 1 aromatic carbocycles. The van der Waals surface area contributed by atoms with Crippen molar-refractivity contribution in [2.75, 3.05) is 13.7 Å². The van der Waals surface area contributed by atoms with Gasteiger partial charge in [0.2, 0.25) is 0 Å². The quantitative estimate of drug-likeness (QED) is 0.888. The Balaban J connectivity index is 1.87. The minimum Gasteiger partial charge on any atom is -0.496 e. The maximum absolute atomic E-state index is 5.19. The average molecular weight is 270 g/mol. The van der Waals surface area contributed by atoms with Gasteiger partial charge in [-0.3, -0.25) is 0 Å². The van der Waals surface area contributed by atoms with E-state index >= 15 is 0 Å². The first kappa shape index (κ1) is 11.0. The number of benzene rings is 1. The smallest absolute Gasteiger partial charge is 0.133 e. The zero-order valence-corrected chi connectivity index (χ0v) is 10.5. The molecular formula is C12H16BrNO. The second kappa shape index (κ2) is 4.99. The van der Waals surface area contributed by atoms with Crippen LogP contribution in [-0.2, 0) is 6.54 Å². The molecule has 1 aliphatic rings. The summed E-state index contributed by atoms with van der Waals surface area (Å²) in [6, 6.07) is 6.21. The minimum atomic E-state index is 0.890. The Bertz CT molecular complexity index is 336. The molecule has 0 unspecified atom stereocenters. The Hall–Kier alpha value is -0.540.